The quantitative estimate of drug-likeness (QED) is 0.703. The van der Waals surface area contributed by atoms with E-state index in [1.807, 2.05) is 49.6 Å². The zero-order chi connectivity index (χ0) is 16.4. The molecule has 2 aromatic heterocycles. The lowest BCUT2D eigenvalue weighted by Crippen LogP contribution is -2.21. The van der Waals surface area contributed by atoms with Crippen LogP contribution < -0.4 is 5.32 Å². The molecule has 1 amide bonds. The maximum atomic E-state index is 12.1. The lowest BCUT2D eigenvalue weighted by molar-refractivity contribution is 0.0955. The van der Waals surface area contributed by atoms with E-state index in [1.165, 1.54) is 11.3 Å². The van der Waals surface area contributed by atoms with E-state index in [9.17, 15) is 4.79 Å². The molecule has 0 spiro atoms. The standard InChI is InChI=1S/C17H15ClN2OS2/c1-10-7-14(22-9-10)16(21)19-8-15-11(2)20-17(23-15)12-5-3-4-6-13(12)18/h3-7,9H,8H2,1-2H3,(H,19,21). The first-order chi connectivity index (χ1) is 11.0. The first kappa shape index (κ1) is 16.2. The van der Waals surface area contributed by atoms with Gasteiger partial charge in [-0.05, 0) is 36.9 Å². The smallest absolute Gasteiger partial charge is 0.261 e. The Bertz CT molecular complexity index is 854. The van der Waals surface area contributed by atoms with E-state index < -0.39 is 0 Å². The van der Waals surface area contributed by atoms with Crippen LogP contribution in [0.1, 0.15) is 25.8 Å². The molecule has 1 N–H and O–H groups in total. The molecule has 6 heteroatoms. The van der Waals surface area contributed by atoms with Gasteiger partial charge in [-0.3, -0.25) is 4.79 Å². The SMILES string of the molecule is Cc1csc(C(=O)NCc2sc(-c3ccccc3Cl)nc2C)c1. The number of carbonyl (C=O) groups is 1. The number of thiazole rings is 1. The summed E-state index contributed by atoms with van der Waals surface area (Å²) in [6, 6.07) is 9.55. The number of carbonyl (C=O) groups excluding carboxylic acids is 1. The van der Waals surface area contributed by atoms with Crippen molar-refractivity contribution in [3.8, 4) is 10.6 Å². The number of benzene rings is 1. The van der Waals surface area contributed by atoms with Gasteiger partial charge < -0.3 is 5.32 Å². The number of aryl methyl sites for hydroxylation is 2. The van der Waals surface area contributed by atoms with Crippen LogP contribution in [0.4, 0.5) is 0 Å². The van der Waals surface area contributed by atoms with E-state index in [4.69, 9.17) is 11.6 Å². The Balaban J connectivity index is 1.74. The second-order valence-electron chi connectivity index (χ2n) is 5.18. The van der Waals surface area contributed by atoms with Crippen LogP contribution in [0, 0.1) is 13.8 Å². The largest absolute Gasteiger partial charge is 0.346 e. The van der Waals surface area contributed by atoms with Gasteiger partial charge in [0.25, 0.3) is 5.91 Å². The fourth-order valence-corrected chi connectivity index (χ4v) is 4.28. The van der Waals surface area contributed by atoms with Crippen molar-refractivity contribution < 1.29 is 4.79 Å². The topological polar surface area (TPSA) is 42.0 Å². The normalized spacial score (nSPS) is 10.7. The zero-order valence-electron chi connectivity index (χ0n) is 12.7. The highest BCUT2D eigenvalue weighted by Gasteiger charge is 2.13. The van der Waals surface area contributed by atoms with Crippen molar-refractivity contribution in [2.75, 3.05) is 0 Å². The van der Waals surface area contributed by atoms with Gasteiger partial charge in [0.05, 0.1) is 22.1 Å². The van der Waals surface area contributed by atoms with Crippen LogP contribution in [-0.4, -0.2) is 10.9 Å². The first-order valence-electron chi connectivity index (χ1n) is 7.09. The summed E-state index contributed by atoms with van der Waals surface area (Å²) in [6.07, 6.45) is 0. The van der Waals surface area contributed by atoms with Gasteiger partial charge in [0.1, 0.15) is 5.01 Å². The van der Waals surface area contributed by atoms with Crippen molar-refractivity contribution in [3.05, 3.63) is 61.7 Å². The van der Waals surface area contributed by atoms with Gasteiger partial charge in [0.15, 0.2) is 0 Å². The number of nitrogens with zero attached hydrogens (tertiary/aromatic N) is 1. The number of hydrogen-bond acceptors (Lipinski definition) is 4. The van der Waals surface area contributed by atoms with Crippen molar-refractivity contribution in [1.82, 2.24) is 10.3 Å². The second-order valence-corrected chi connectivity index (χ2v) is 7.58. The van der Waals surface area contributed by atoms with Gasteiger partial charge in [-0.25, -0.2) is 4.98 Å². The minimum Gasteiger partial charge on any atom is -0.346 e. The summed E-state index contributed by atoms with van der Waals surface area (Å²) >= 11 is 9.25. The predicted molar refractivity (Wildman–Crippen MR) is 97.5 cm³/mol. The van der Waals surface area contributed by atoms with E-state index >= 15 is 0 Å². The first-order valence-corrected chi connectivity index (χ1v) is 9.16. The minimum absolute atomic E-state index is 0.0461. The molecule has 3 nitrogen and oxygen atoms in total. The van der Waals surface area contributed by atoms with E-state index in [2.05, 4.69) is 10.3 Å². The monoisotopic (exact) mass is 362 g/mol. The summed E-state index contributed by atoms with van der Waals surface area (Å²) in [7, 11) is 0. The summed E-state index contributed by atoms with van der Waals surface area (Å²) in [5, 5.41) is 6.50. The molecule has 0 aliphatic carbocycles. The molecule has 0 unspecified atom stereocenters. The average Bonchev–Trinajstić information content (AvgIpc) is 3.11. The van der Waals surface area contributed by atoms with Gasteiger partial charge in [0.2, 0.25) is 0 Å². The molecule has 118 valence electrons. The third-order valence-electron chi connectivity index (χ3n) is 3.36. The van der Waals surface area contributed by atoms with Crippen molar-refractivity contribution in [1.29, 1.82) is 0 Å². The molecule has 3 rings (SSSR count). The van der Waals surface area contributed by atoms with Gasteiger partial charge in [-0.1, -0.05) is 29.8 Å². The Kier molecular flexibility index (Phi) is 4.80. The molecule has 0 atom stereocenters. The molecule has 0 bridgehead atoms. The molecular weight excluding hydrogens is 348 g/mol. The molecule has 2 heterocycles. The van der Waals surface area contributed by atoms with Crippen LogP contribution in [0.5, 0.6) is 0 Å². The van der Waals surface area contributed by atoms with Crippen molar-refractivity contribution in [2.24, 2.45) is 0 Å². The summed E-state index contributed by atoms with van der Waals surface area (Å²) < 4.78 is 0. The molecule has 0 aliphatic heterocycles. The summed E-state index contributed by atoms with van der Waals surface area (Å²) in [4.78, 5) is 18.5. The Morgan fingerprint density at radius 3 is 2.78 bits per heavy atom. The number of thiophene rings is 1. The van der Waals surface area contributed by atoms with Crippen molar-refractivity contribution in [2.45, 2.75) is 20.4 Å². The van der Waals surface area contributed by atoms with E-state index in [0.29, 0.717) is 11.6 Å². The maximum absolute atomic E-state index is 12.1. The molecule has 0 saturated heterocycles. The molecule has 1 aromatic carbocycles. The van der Waals surface area contributed by atoms with Crippen LogP contribution in [0.15, 0.2) is 35.7 Å². The number of hydrogen-bond donors (Lipinski definition) is 1. The molecule has 0 saturated carbocycles. The Morgan fingerprint density at radius 2 is 2.09 bits per heavy atom. The fourth-order valence-electron chi connectivity index (χ4n) is 2.14. The zero-order valence-corrected chi connectivity index (χ0v) is 15.1. The van der Waals surface area contributed by atoms with Crippen LogP contribution in [0.3, 0.4) is 0 Å². The van der Waals surface area contributed by atoms with Crippen LogP contribution in [0.25, 0.3) is 10.6 Å². The third kappa shape index (κ3) is 3.63. The molecule has 23 heavy (non-hydrogen) atoms. The molecule has 0 fully saturated rings. The number of aromatic nitrogens is 1. The fraction of sp³-hybridized carbons (Fsp3) is 0.176. The molecule has 0 radical (unpaired) electrons. The van der Waals surface area contributed by atoms with Crippen LogP contribution >= 0.6 is 34.3 Å². The predicted octanol–water partition coefficient (Wildman–Crippen LogP) is 5.07. The van der Waals surface area contributed by atoms with Gasteiger partial charge in [-0.15, -0.1) is 22.7 Å². The summed E-state index contributed by atoms with van der Waals surface area (Å²) in [6.45, 7) is 4.41. The Hall–Kier alpha value is -1.69. The van der Waals surface area contributed by atoms with E-state index in [1.54, 1.807) is 11.3 Å². The van der Waals surface area contributed by atoms with E-state index in [0.717, 1.165) is 31.6 Å². The summed E-state index contributed by atoms with van der Waals surface area (Å²) in [5.74, 6) is -0.0461. The highest BCUT2D eigenvalue weighted by atomic mass is 35.5. The lowest BCUT2D eigenvalue weighted by Gasteiger charge is -2.01. The van der Waals surface area contributed by atoms with Gasteiger partial charge >= 0.3 is 0 Å². The average molecular weight is 363 g/mol. The van der Waals surface area contributed by atoms with Crippen LogP contribution in [0.2, 0.25) is 5.02 Å². The molecule has 0 aliphatic rings. The number of halogens is 1. The van der Waals surface area contributed by atoms with Gasteiger partial charge in [-0.2, -0.15) is 0 Å². The maximum Gasteiger partial charge on any atom is 0.261 e. The summed E-state index contributed by atoms with van der Waals surface area (Å²) in [5.41, 5.74) is 2.96. The molecular formula is C17H15ClN2OS2. The third-order valence-corrected chi connectivity index (χ3v) is 5.93. The van der Waals surface area contributed by atoms with E-state index in [-0.39, 0.29) is 5.91 Å². The second kappa shape index (κ2) is 6.83. The number of amides is 1. The van der Waals surface area contributed by atoms with Gasteiger partial charge in [0, 0.05) is 10.4 Å². The number of rotatable bonds is 4. The van der Waals surface area contributed by atoms with Crippen LogP contribution in [-0.2, 0) is 6.54 Å². The Morgan fingerprint density at radius 1 is 1.30 bits per heavy atom. The highest BCUT2D eigenvalue weighted by Crippen LogP contribution is 2.32. The number of nitrogens with one attached hydrogen (secondary N) is 1. The van der Waals surface area contributed by atoms with Crippen molar-refractivity contribution >= 4 is 40.2 Å². The van der Waals surface area contributed by atoms with Crippen molar-refractivity contribution in [3.63, 3.8) is 0 Å². The highest BCUT2D eigenvalue weighted by molar-refractivity contribution is 7.15. The Labute approximate surface area is 148 Å². The lowest BCUT2D eigenvalue weighted by atomic mass is 10.2. The minimum atomic E-state index is -0.0461. The molecule has 3 aromatic rings.